The van der Waals surface area contributed by atoms with Gasteiger partial charge in [-0.2, -0.15) is 0 Å². The number of thioether (sulfide) groups is 1. The van der Waals surface area contributed by atoms with Crippen LogP contribution in [-0.4, -0.2) is 21.0 Å². The second-order valence-electron chi connectivity index (χ2n) is 3.84. The summed E-state index contributed by atoms with van der Waals surface area (Å²) in [4.78, 5) is 19.4. The zero-order valence-corrected chi connectivity index (χ0v) is 10.9. The van der Waals surface area contributed by atoms with E-state index in [2.05, 4.69) is 9.97 Å². The van der Waals surface area contributed by atoms with Crippen molar-refractivity contribution < 1.29 is 14.3 Å². The molecule has 0 spiro atoms. The average Bonchev–Trinajstić information content (AvgIpc) is 2.37. The molecule has 4 nitrogen and oxygen atoms in total. The first kappa shape index (κ1) is 13.5. The van der Waals surface area contributed by atoms with Gasteiger partial charge in [0.15, 0.2) is 5.69 Å². The second-order valence-corrected chi connectivity index (χ2v) is 4.85. The minimum atomic E-state index is -1.09. The molecular weight excluding hydrogens is 267 g/mol. The first-order chi connectivity index (χ1) is 9.06. The number of hydrogen-bond donors (Lipinski definition) is 1. The van der Waals surface area contributed by atoms with Gasteiger partial charge in [0.05, 0.1) is 5.75 Å². The molecule has 1 heterocycles. The smallest absolute Gasteiger partial charge is 0.354 e. The molecule has 0 saturated heterocycles. The van der Waals surface area contributed by atoms with E-state index in [4.69, 9.17) is 5.11 Å². The van der Waals surface area contributed by atoms with E-state index in [9.17, 15) is 9.18 Å². The van der Waals surface area contributed by atoms with Crippen LogP contribution in [0.25, 0.3) is 0 Å². The lowest BCUT2D eigenvalue weighted by Gasteiger charge is -2.04. The number of carboxylic acids is 1. The van der Waals surface area contributed by atoms with Gasteiger partial charge in [0.25, 0.3) is 0 Å². The first-order valence-corrected chi connectivity index (χ1v) is 6.50. The van der Waals surface area contributed by atoms with Crippen molar-refractivity contribution in [3.8, 4) is 0 Å². The fraction of sp³-hybridized carbons (Fsp3) is 0.154. The van der Waals surface area contributed by atoms with Gasteiger partial charge in [-0.3, -0.25) is 0 Å². The Kier molecular flexibility index (Phi) is 4.11. The summed E-state index contributed by atoms with van der Waals surface area (Å²) < 4.78 is 13.4. The van der Waals surface area contributed by atoms with Crippen LogP contribution >= 0.6 is 11.8 Å². The summed E-state index contributed by atoms with van der Waals surface area (Å²) in [6.45, 7) is 1.70. The van der Waals surface area contributed by atoms with Gasteiger partial charge in [-0.15, -0.1) is 11.8 Å². The quantitative estimate of drug-likeness (QED) is 0.871. The topological polar surface area (TPSA) is 63.1 Å². The normalized spacial score (nSPS) is 10.4. The van der Waals surface area contributed by atoms with Gasteiger partial charge in [0.1, 0.15) is 11.6 Å². The molecule has 1 N–H and O–H groups in total. The van der Waals surface area contributed by atoms with E-state index in [0.717, 1.165) is 0 Å². The van der Waals surface area contributed by atoms with Crippen molar-refractivity contribution >= 4 is 17.7 Å². The molecule has 0 aliphatic carbocycles. The number of nitrogens with zero attached hydrogens (tertiary/aromatic N) is 2. The van der Waals surface area contributed by atoms with Crippen LogP contribution in [0, 0.1) is 12.7 Å². The van der Waals surface area contributed by atoms with E-state index in [1.165, 1.54) is 23.9 Å². The van der Waals surface area contributed by atoms with Crippen LogP contribution in [0.2, 0.25) is 0 Å². The van der Waals surface area contributed by atoms with E-state index < -0.39 is 5.97 Å². The standard InChI is InChI=1S/C13H11FN2O2S/c1-8-6-10(13(17)18)16-12(15-8)7-19-11-5-3-2-4-9(11)14/h2-6H,7H2,1H3,(H,17,18). The summed E-state index contributed by atoms with van der Waals surface area (Å²) >= 11 is 1.24. The van der Waals surface area contributed by atoms with Crippen molar-refractivity contribution in [2.75, 3.05) is 0 Å². The molecule has 1 aromatic heterocycles. The molecule has 2 rings (SSSR count). The Morgan fingerprint density at radius 3 is 2.79 bits per heavy atom. The maximum atomic E-state index is 13.4. The predicted octanol–water partition coefficient (Wildman–Crippen LogP) is 2.91. The van der Waals surface area contributed by atoms with Gasteiger partial charge in [-0.25, -0.2) is 19.2 Å². The Hall–Kier alpha value is -1.95. The monoisotopic (exact) mass is 278 g/mol. The zero-order chi connectivity index (χ0) is 13.8. The second kappa shape index (κ2) is 5.79. The minimum Gasteiger partial charge on any atom is -0.477 e. The highest BCUT2D eigenvalue weighted by Gasteiger charge is 2.09. The fourth-order valence-electron chi connectivity index (χ4n) is 1.51. The number of halogens is 1. The molecular formula is C13H11FN2O2S. The van der Waals surface area contributed by atoms with Gasteiger partial charge in [-0.1, -0.05) is 12.1 Å². The Balaban J connectivity index is 2.16. The van der Waals surface area contributed by atoms with Gasteiger partial charge >= 0.3 is 5.97 Å². The van der Waals surface area contributed by atoms with Gasteiger partial charge in [0.2, 0.25) is 0 Å². The summed E-state index contributed by atoms with van der Waals surface area (Å²) in [5.74, 6) is -0.699. The summed E-state index contributed by atoms with van der Waals surface area (Å²) in [7, 11) is 0. The molecule has 0 saturated carbocycles. The van der Waals surface area contributed by atoms with Crippen molar-refractivity contribution in [2.45, 2.75) is 17.6 Å². The third kappa shape index (κ3) is 3.51. The lowest BCUT2D eigenvalue weighted by molar-refractivity contribution is 0.0689. The van der Waals surface area contributed by atoms with Crippen LogP contribution in [0.3, 0.4) is 0 Å². The van der Waals surface area contributed by atoms with Crippen molar-refractivity contribution in [3.63, 3.8) is 0 Å². The number of rotatable bonds is 4. The highest BCUT2D eigenvalue weighted by molar-refractivity contribution is 7.98. The third-order valence-corrected chi connectivity index (χ3v) is 3.36. The molecule has 1 aromatic carbocycles. The average molecular weight is 278 g/mol. The first-order valence-electron chi connectivity index (χ1n) is 5.51. The molecule has 19 heavy (non-hydrogen) atoms. The molecule has 0 unspecified atom stereocenters. The van der Waals surface area contributed by atoms with Crippen molar-refractivity contribution in [3.05, 3.63) is 53.4 Å². The summed E-state index contributed by atoms with van der Waals surface area (Å²) in [5.41, 5.74) is 0.535. The molecule has 0 atom stereocenters. The number of aryl methyl sites for hydroxylation is 1. The van der Waals surface area contributed by atoms with Crippen molar-refractivity contribution in [2.24, 2.45) is 0 Å². The summed E-state index contributed by atoms with van der Waals surface area (Å²) in [6, 6.07) is 7.80. The minimum absolute atomic E-state index is 0.0448. The predicted molar refractivity (Wildman–Crippen MR) is 69.7 cm³/mol. The van der Waals surface area contributed by atoms with Gasteiger partial charge in [0, 0.05) is 10.6 Å². The fourth-order valence-corrected chi connectivity index (χ4v) is 2.30. The van der Waals surface area contributed by atoms with E-state index in [0.29, 0.717) is 22.2 Å². The molecule has 0 aliphatic heterocycles. The SMILES string of the molecule is Cc1cc(C(=O)O)nc(CSc2ccccc2F)n1. The summed E-state index contributed by atoms with van der Waals surface area (Å²) in [5, 5.41) is 8.91. The van der Waals surface area contributed by atoms with Crippen LogP contribution in [0.4, 0.5) is 4.39 Å². The highest BCUT2D eigenvalue weighted by atomic mass is 32.2. The van der Waals surface area contributed by atoms with Gasteiger partial charge in [-0.05, 0) is 25.1 Å². The largest absolute Gasteiger partial charge is 0.477 e. The molecule has 0 amide bonds. The van der Waals surface area contributed by atoms with Crippen LogP contribution in [0.15, 0.2) is 35.2 Å². The van der Waals surface area contributed by atoms with E-state index in [1.54, 1.807) is 25.1 Å². The van der Waals surface area contributed by atoms with Gasteiger partial charge < -0.3 is 5.11 Å². The van der Waals surface area contributed by atoms with Crippen LogP contribution in [-0.2, 0) is 5.75 Å². The zero-order valence-electron chi connectivity index (χ0n) is 10.1. The van der Waals surface area contributed by atoms with Crippen molar-refractivity contribution in [1.82, 2.24) is 9.97 Å². The van der Waals surface area contributed by atoms with Crippen molar-refractivity contribution in [1.29, 1.82) is 0 Å². The van der Waals surface area contributed by atoms with Crippen LogP contribution in [0.5, 0.6) is 0 Å². The Morgan fingerprint density at radius 1 is 1.37 bits per heavy atom. The molecule has 0 bridgehead atoms. The highest BCUT2D eigenvalue weighted by Crippen LogP contribution is 2.24. The molecule has 0 aliphatic rings. The van der Waals surface area contributed by atoms with E-state index >= 15 is 0 Å². The Bertz CT molecular complexity index is 619. The Labute approximate surface area is 113 Å². The number of hydrogen-bond acceptors (Lipinski definition) is 4. The molecule has 0 fully saturated rings. The molecule has 98 valence electrons. The van der Waals surface area contributed by atoms with Crippen LogP contribution in [0.1, 0.15) is 22.0 Å². The molecule has 2 aromatic rings. The molecule has 0 radical (unpaired) electrons. The lowest BCUT2D eigenvalue weighted by Crippen LogP contribution is -2.06. The molecule has 6 heteroatoms. The number of carboxylic acid groups (broad SMARTS) is 1. The van der Waals surface area contributed by atoms with Crippen LogP contribution < -0.4 is 0 Å². The number of aromatic nitrogens is 2. The third-order valence-electron chi connectivity index (χ3n) is 2.31. The lowest BCUT2D eigenvalue weighted by atomic mass is 10.3. The van der Waals surface area contributed by atoms with E-state index in [-0.39, 0.29) is 11.5 Å². The van der Waals surface area contributed by atoms with E-state index in [1.807, 2.05) is 0 Å². The maximum absolute atomic E-state index is 13.4. The maximum Gasteiger partial charge on any atom is 0.354 e. The summed E-state index contributed by atoms with van der Waals surface area (Å²) in [6.07, 6.45) is 0. The number of aromatic carboxylic acids is 1. The number of carbonyl (C=O) groups is 1. The Morgan fingerprint density at radius 2 is 2.11 bits per heavy atom. The number of benzene rings is 1.